The number of amides is 2. The molecule has 188 valence electrons. The third kappa shape index (κ3) is 3.88. The largest absolute Gasteiger partial charge is 0.465 e. The summed E-state index contributed by atoms with van der Waals surface area (Å²) in [6.07, 6.45) is 10.4. The molecule has 8 nitrogen and oxygen atoms in total. The number of aliphatic hydroxyl groups is 1. The first kappa shape index (κ1) is 24.9. The van der Waals surface area contributed by atoms with E-state index in [2.05, 4.69) is 6.92 Å². The highest BCUT2D eigenvalue weighted by molar-refractivity contribution is 5.99. The van der Waals surface area contributed by atoms with Crippen LogP contribution in [-0.4, -0.2) is 82.3 Å². The fraction of sp³-hybridized carbons (Fsp3) is 0.731. The quantitative estimate of drug-likeness (QED) is 0.448. The summed E-state index contributed by atoms with van der Waals surface area (Å²) < 4.78 is 12.2. The van der Waals surface area contributed by atoms with E-state index in [9.17, 15) is 19.5 Å². The van der Waals surface area contributed by atoms with E-state index in [4.69, 9.17) is 9.47 Å². The minimum absolute atomic E-state index is 0.188. The maximum Gasteiger partial charge on any atom is 0.313 e. The van der Waals surface area contributed by atoms with E-state index in [0.29, 0.717) is 25.9 Å². The van der Waals surface area contributed by atoms with Crippen LogP contribution in [0.1, 0.15) is 53.4 Å². The number of ether oxygens (including phenoxy) is 2. The van der Waals surface area contributed by atoms with Gasteiger partial charge in [-0.1, -0.05) is 51.5 Å². The molecule has 2 saturated heterocycles. The third-order valence-corrected chi connectivity index (χ3v) is 7.67. The first-order valence-electron chi connectivity index (χ1n) is 12.6. The van der Waals surface area contributed by atoms with Crippen LogP contribution in [0.25, 0.3) is 0 Å². The Labute approximate surface area is 201 Å². The van der Waals surface area contributed by atoms with Crippen LogP contribution < -0.4 is 0 Å². The number of rotatable bonds is 7. The zero-order valence-electron chi connectivity index (χ0n) is 20.7. The number of carbonyl (C=O) groups is 3. The Bertz CT molecular complexity index is 885. The van der Waals surface area contributed by atoms with Crippen molar-refractivity contribution < 1.29 is 29.0 Å². The van der Waals surface area contributed by atoms with Gasteiger partial charge >= 0.3 is 5.97 Å². The number of carbonyl (C=O) groups excluding carboxylic acids is 3. The molecule has 4 rings (SSSR count). The summed E-state index contributed by atoms with van der Waals surface area (Å²) in [6, 6.07) is -1.48. The Morgan fingerprint density at radius 1 is 1.15 bits per heavy atom. The molecule has 1 unspecified atom stereocenters. The van der Waals surface area contributed by atoms with Gasteiger partial charge in [-0.3, -0.25) is 14.4 Å². The predicted molar refractivity (Wildman–Crippen MR) is 126 cm³/mol. The van der Waals surface area contributed by atoms with Crippen LogP contribution >= 0.6 is 0 Å². The van der Waals surface area contributed by atoms with Gasteiger partial charge < -0.3 is 24.4 Å². The smallest absolute Gasteiger partial charge is 0.313 e. The van der Waals surface area contributed by atoms with Crippen LogP contribution in [0, 0.1) is 17.8 Å². The molecule has 6 atom stereocenters. The van der Waals surface area contributed by atoms with Crippen molar-refractivity contribution in [3.05, 3.63) is 24.3 Å². The van der Waals surface area contributed by atoms with E-state index in [-0.39, 0.29) is 30.9 Å². The van der Waals surface area contributed by atoms with Gasteiger partial charge in [0.15, 0.2) is 0 Å². The second-order valence-corrected chi connectivity index (χ2v) is 10.6. The first-order chi connectivity index (χ1) is 16.2. The Hall–Kier alpha value is -2.19. The average Bonchev–Trinajstić information content (AvgIpc) is 3.11. The lowest BCUT2D eigenvalue weighted by Crippen LogP contribution is -2.59. The predicted octanol–water partition coefficient (Wildman–Crippen LogP) is 2.07. The fourth-order valence-electron chi connectivity index (χ4n) is 6.24. The minimum atomic E-state index is -1.30. The number of hydrogen-bond donors (Lipinski definition) is 1. The average molecular weight is 475 g/mol. The minimum Gasteiger partial charge on any atom is -0.465 e. The van der Waals surface area contributed by atoms with Gasteiger partial charge in [0.1, 0.15) is 17.6 Å². The van der Waals surface area contributed by atoms with Crippen molar-refractivity contribution in [2.24, 2.45) is 17.8 Å². The van der Waals surface area contributed by atoms with Crippen molar-refractivity contribution in [1.82, 2.24) is 9.80 Å². The summed E-state index contributed by atoms with van der Waals surface area (Å²) in [7, 11) is 0. The number of aliphatic hydroxyl groups excluding tert-OH is 1. The van der Waals surface area contributed by atoms with Crippen LogP contribution in [0.3, 0.4) is 0 Å². The molecule has 0 saturated carbocycles. The Kier molecular flexibility index (Phi) is 6.93. The van der Waals surface area contributed by atoms with E-state index >= 15 is 0 Å². The summed E-state index contributed by atoms with van der Waals surface area (Å²) in [5, 5.41) is 10.3. The topological polar surface area (TPSA) is 96.4 Å². The first-order valence-corrected chi connectivity index (χ1v) is 12.6. The van der Waals surface area contributed by atoms with Crippen LogP contribution in [-0.2, 0) is 23.9 Å². The fourth-order valence-corrected chi connectivity index (χ4v) is 6.24. The lowest BCUT2D eigenvalue weighted by atomic mass is 9.74. The highest BCUT2D eigenvalue weighted by atomic mass is 16.6. The molecule has 0 aromatic carbocycles. The molecule has 8 heteroatoms. The number of hydrogen-bond acceptors (Lipinski definition) is 6. The molecular weight excluding hydrogens is 436 g/mol. The Morgan fingerprint density at radius 2 is 1.91 bits per heavy atom. The number of esters is 1. The number of likely N-dealkylation sites (tertiary alicyclic amines) is 1. The van der Waals surface area contributed by atoms with Gasteiger partial charge in [-0.15, -0.1) is 0 Å². The zero-order valence-corrected chi connectivity index (χ0v) is 20.7. The molecule has 0 aromatic rings. The zero-order chi connectivity index (χ0) is 24.7. The monoisotopic (exact) mass is 474 g/mol. The van der Waals surface area contributed by atoms with Crippen molar-refractivity contribution in [2.75, 3.05) is 26.3 Å². The van der Waals surface area contributed by atoms with Crippen molar-refractivity contribution in [1.29, 1.82) is 0 Å². The molecule has 0 bridgehead atoms. The summed E-state index contributed by atoms with van der Waals surface area (Å²) in [5.41, 5.74) is -2.37. The lowest BCUT2D eigenvalue weighted by Gasteiger charge is -2.40. The van der Waals surface area contributed by atoms with E-state index in [1.165, 1.54) is 4.90 Å². The molecular formula is C26H38N2O6. The molecule has 0 radical (unpaired) electrons. The molecule has 2 amide bonds. The maximum absolute atomic E-state index is 14.1. The molecule has 34 heavy (non-hydrogen) atoms. The van der Waals surface area contributed by atoms with Crippen LogP contribution in [0.2, 0.25) is 0 Å². The second kappa shape index (κ2) is 9.46. The second-order valence-electron chi connectivity index (χ2n) is 10.6. The van der Waals surface area contributed by atoms with E-state index in [0.717, 1.165) is 12.8 Å². The Balaban J connectivity index is 1.86. The van der Waals surface area contributed by atoms with Crippen molar-refractivity contribution in [2.45, 2.75) is 76.7 Å². The van der Waals surface area contributed by atoms with Gasteiger partial charge in [0.2, 0.25) is 11.8 Å². The highest BCUT2D eigenvalue weighted by Gasteiger charge is 2.75. The summed E-state index contributed by atoms with van der Waals surface area (Å²) >= 11 is 0. The number of unbranched alkanes of at least 4 members (excludes halogenated alkanes) is 1. The van der Waals surface area contributed by atoms with Crippen molar-refractivity contribution >= 4 is 17.8 Å². The van der Waals surface area contributed by atoms with E-state index < -0.39 is 41.1 Å². The summed E-state index contributed by atoms with van der Waals surface area (Å²) in [4.78, 5) is 44.7. The van der Waals surface area contributed by atoms with E-state index in [1.54, 1.807) is 11.8 Å². The molecule has 0 aromatic heterocycles. The van der Waals surface area contributed by atoms with Gasteiger partial charge in [-0.05, 0) is 32.1 Å². The molecule has 4 heterocycles. The number of cyclic esters (lactones) is 1. The summed E-state index contributed by atoms with van der Waals surface area (Å²) in [6.45, 7) is 8.90. The standard InChI is InChI=1S/C26H38N2O6/c1-5-6-12-27-13-9-11-26-19(20-24(32)33-14-8-7-10-25(20,4)34-26)22(30)28(21(26)23(27)31)18(16-29)15-17(2)3/h7,9-11,17-21,29H,5-6,8,12-16H2,1-4H3/t18-,19+,20-,21?,25+,26+/m1/s1. The molecule has 0 aliphatic carbocycles. The molecule has 2 fully saturated rings. The molecule has 1 N–H and O–H groups in total. The molecule has 1 spiro atoms. The SMILES string of the molecule is CCCCN1CC=C[C@]23O[C@@]4(C)C=CCCOC(=O)[C@H]4[C@H]2C(=O)N([C@@H](CO)CC(C)C)C3C1=O. The highest BCUT2D eigenvalue weighted by Crippen LogP contribution is 2.57. The molecule has 4 aliphatic rings. The molecule has 4 aliphatic heterocycles. The normalized spacial score (nSPS) is 36.1. The number of nitrogens with zero attached hydrogens (tertiary/aromatic N) is 2. The van der Waals surface area contributed by atoms with Crippen molar-refractivity contribution in [3.8, 4) is 0 Å². The lowest BCUT2D eigenvalue weighted by molar-refractivity contribution is -0.162. The van der Waals surface area contributed by atoms with Gasteiger partial charge in [0.25, 0.3) is 0 Å². The van der Waals surface area contributed by atoms with Gasteiger partial charge in [-0.25, -0.2) is 0 Å². The van der Waals surface area contributed by atoms with Gasteiger partial charge in [0, 0.05) is 13.1 Å². The van der Waals surface area contributed by atoms with Crippen LogP contribution in [0.15, 0.2) is 24.3 Å². The third-order valence-electron chi connectivity index (χ3n) is 7.67. The Morgan fingerprint density at radius 3 is 2.59 bits per heavy atom. The van der Waals surface area contributed by atoms with E-state index in [1.807, 2.05) is 38.2 Å². The van der Waals surface area contributed by atoms with Crippen molar-refractivity contribution in [3.63, 3.8) is 0 Å². The van der Waals surface area contributed by atoms with Gasteiger partial charge in [0.05, 0.1) is 30.8 Å². The number of fused-ring (bicyclic) bond motifs is 2. The maximum atomic E-state index is 14.1. The summed E-state index contributed by atoms with van der Waals surface area (Å²) in [5.74, 6) is -2.55. The van der Waals surface area contributed by atoms with Crippen LogP contribution in [0.4, 0.5) is 0 Å². The van der Waals surface area contributed by atoms with Crippen LogP contribution in [0.5, 0.6) is 0 Å². The van der Waals surface area contributed by atoms with Gasteiger partial charge in [-0.2, -0.15) is 0 Å².